The lowest BCUT2D eigenvalue weighted by Crippen LogP contribution is -2.07. The van der Waals surface area contributed by atoms with Gasteiger partial charge in [0.2, 0.25) is 0 Å². The van der Waals surface area contributed by atoms with Crippen LogP contribution in [0.1, 0.15) is 18.0 Å². The van der Waals surface area contributed by atoms with E-state index in [4.69, 9.17) is 22.1 Å². The van der Waals surface area contributed by atoms with Crippen molar-refractivity contribution in [3.63, 3.8) is 0 Å². The van der Waals surface area contributed by atoms with Crippen LogP contribution in [0.4, 0.5) is 10.1 Å². The molecule has 2 heterocycles. The Morgan fingerprint density at radius 2 is 2.15 bits per heavy atom. The zero-order chi connectivity index (χ0) is 14.1. The highest BCUT2D eigenvalue weighted by atomic mass is 35.5. The molecule has 0 amide bonds. The summed E-state index contributed by atoms with van der Waals surface area (Å²) in [6.07, 6.45) is 0.888. The molecule has 1 fully saturated rings. The monoisotopic (exact) mass is 293 g/mol. The fourth-order valence-corrected chi connectivity index (χ4v) is 2.52. The molecule has 20 heavy (non-hydrogen) atoms. The Hall–Kier alpha value is -1.72. The van der Waals surface area contributed by atoms with Crippen molar-refractivity contribution >= 4 is 17.3 Å². The van der Waals surface area contributed by atoms with Gasteiger partial charge >= 0.3 is 0 Å². The van der Waals surface area contributed by atoms with Crippen LogP contribution in [0.2, 0.25) is 5.02 Å². The third-order valence-electron chi connectivity index (χ3n) is 3.37. The van der Waals surface area contributed by atoms with Crippen molar-refractivity contribution in [2.45, 2.75) is 12.3 Å². The average molecular weight is 294 g/mol. The van der Waals surface area contributed by atoms with Gasteiger partial charge in [-0.25, -0.2) is 4.39 Å². The fraction of sp³-hybridized carbons (Fsp3) is 0.286. The van der Waals surface area contributed by atoms with Gasteiger partial charge in [0.15, 0.2) is 0 Å². The molecule has 2 aromatic rings. The molecule has 6 heteroatoms. The van der Waals surface area contributed by atoms with Crippen molar-refractivity contribution in [1.29, 1.82) is 0 Å². The standard InChI is InChI=1S/C14H13ClFN3O/c15-11-2-1-9(16)5-10(11)13-6-12(17)14(19-18-13)8-3-4-20-7-8/h1-2,5-6,8H,3-4,7H2,(H2,17,18). The molecule has 1 aliphatic heterocycles. The first-order chi connectivity index (χ1) is 9.65. The maximum atomic E-state index is 13.3. The number of aromatic nitrogens is 2. The number of anilines is 1. The first-order valence-electron chi connectivity index (χ1n) is 6.31. The van der Waals surface area contributed by atoms with E-state index in [2.05, 4.69) is 10.2 Å². The number of halogens is 2. The minimum absolute atomic E-state index is 0.180. The molecule has 4 nitrogen and oxygen atoms in total. The van der Waals surface area contributed by atoms with Gasteiger partial charge in [-0.05, 0) is 30.7 Å². The second-order valence-corrected chi connectivity index (χ2v) is 5.16. The highest BCUT2D eigenvalue weighted by Crippen LogP contribution is 2.32. The van der Waals surface area contributed by atoms with Crippen LogP contribution in [0.3, 0.4) is 0 Å². The topological polar surface area (TPSA) is 61.0 Å². The smallest absolute Gasteiger partial charge is 0.123 e. The van der Waals surface area contributed by atoms with E-state index in [0.717, 1.165) is 12.1 Å². The van der Waals surface area contributed by atoms with Crippen LogP contribution in [0.15, 0.2) is 24.3 Å². The van der Waals surface area contributed by atoms with Crippen LogP contribution >= 0.6 is 11.6 Å². The Bertz CT molecular complexity index is 644. The maximum absolute atomic E-state index is 13.3. The van der Waals surface area contributed by atoms with E-state index in [1.54, 1.807) is 6.07 Å². The van der Waals surface area contributed by atoms with Gasteiger partial charge in [-0.15, -0.1) is 0 Å². The summed E-state index contributed by atoms with van der Waals surface area (Å²) in [5.74, 6) is -0.197. The number of hydrogen-bond acceptors (Lipinski definition) is 4. The SMILES string of the molecule is Nc1cc(-c2cc(F)ccc2Cl)nnc1C1CCOC1. The van der Waals surface area contributed by atoms with Gasteiger partial charge in [-0.2, -0.15) is 10.2 Å². The molecule has 0 aliphatic carbocycles. The molecule has 1 aliphatic rings. The van der Waals surface area contributed by atoms with E-state index in [0.29, 0.717) is 35.2 Å². The lowest BCUT2D eigenvalue weighted by atomic mass is 10.0. The Labute approximate surface area is 120 Å². The van der Waals surface area contributed by atoms with Gasteiger partial charge < -0.3 is 10.5 Å². The Kier molecular flexibility index (Phi) is 3.54. The number of benzene rings is 1. The van der Waals surface area contributed by atoms with Gasteiger partial charge in [-0.1, -0.05) is 11.6 Å². The van der Waals surface area contributed by atoms with Crippen LogP contribution < -0.4 is 5.73 Å². The number of rotatable bonds is 2. The van der Waals surface area contributed by atoms with Crippen molar-refractivity contribution in [2.75, 3.05) is 18.9 Å². The molecule has 1 aromatic heterocycles. The molecule has 3 rings (SSSR count). The lowest BCUT2D eigenvalue weighted by molar-refractivity contribution is 0.193. The minimum Gasteiger partial charge on any atom is -0.397 e. The van der Waals surface area contributed by atoms with Crippen molar-refractivity contribution < 1.29 is 9.13 Å². The molecule has 0 saturated carbocycles. The molecule has 104 valence electrons. The first kappa shape index (κ1) is 13.3. The number of hydrogen-bond donors (Lipinski definition) is 1. The molecular weight excluding hydrogens is 281 g/mol. The normalized spacial score (nSPS) is 18.4. The van der Waals surface area contributed by atoms with Gasteiger partial charge in [0.1, 0.15) is 5.82 Å². The fourth-order valence-electron chi connectivity index (χ4n) is 2.31. The maximum Gasteiger partial charge on any atom is 0.123 e. The van der Waals surface area contributed by atoms with Crippen LogP contribution in [-0.2, 0) is 4.74 Å². The van der Waals surface area contributed by atoms with Crippen LogP contribution in [0, 0.1) is 5.82 Å². The van der Waals surface area contributed by atoms with Gasteiger partial charge in [0, 0.05) is 18.1 Å². The highest BCUT2D eigenvalue weighted by Gasteiger charge is 2.22. The summed E-state index contributed by atoms with van der Waals surface area (Å²) in [6, 6.07) is 5.79. The van der Waals surface area contributed by atoms with Crippen molar-refractivity contribution in [2.24, 2.45) is 0 Å². The molecule has 0 bridgehead atoms. The van der Waals surface area contributed by atoms with E-state index in [-0.39, 0.29) is 11.7 Å². The largest absolute Gasteiger partial charge is 0.397 e. The number of ether oxygens (including phenoxy) is 1. The quantitative estimate of drug-likeness (QED) is 0.924. The Morgan fingerprint density at radius 3 is 2.85 bits per heavy atom. The van der Waals surface area contributed by atoms with E-state index in [1.807, 2.05) is 0 Å². The molecular formula is C14H13ClFN3O. The van der Waals surface area contributed by atoms with E-state index in [1.165, 1.54) is 18.2 Å². The summed E-state index contributed by atoms with van der Waals surface area (Å²) in [7, 11) is 0. The van der Waals surface area contributed by atoms with E-state index in [9.17, 15) is 4.39 Å². The molecule has 1 atom stereocenters. The average Bonchev–Trinajstić information content (AvgIpc) is 2.95. The second-order valence-electron chi connectivity index (χ2n) is 4.75. The van der Waals surface area contributed by atoms with Gasteiger partial charge in [0.05, 0.1) is 28.7 Å². The van der Waals surface area contributed by atoms with E-state index >= 15 is 0 Å². The zero-order valence-electron chi connectivity index (χ0n) is 10.6. The van der Waals surface area contributed by atoms with Crippen molar-refractivity contribution in [3.05, 3.63) is 40.8 Å². The Morgan fingerprint density at radius 1 is 1.30 bits per heavy atom. The summed E-state index contributed by atoms with van der Waals surface area (Å²) in [4.78, 5) is 0. The summed E-state index contributed by atoms with van der Waals surface area (Å²) in [6.45, 7) is 1.32. The molecule has 1 saturated heterocycles. The zero-order valence-corrected chi connectivity index (χ0v) is 11.4. The molecule has 0 radical (unpaired) electrons. The van der Waals surface area contributed by atoms with E-state index < -0.39 is 0 Å². The van der Waals surface area contributed by atoms with Gasteiger partial charge in [0.25, 0.3) is 0 Å². The van der Waals surface area contributed by atoms with Crippen LogP contribution in [-0.4, -0.2) is 23.4 Å². The third kappa shape index (κ3) is 2.46. The lowest BCUT2D eigenvalue weighted by Gasteiger charge is -2.11. The molecule has 2 N–H and O–H groups in total. The Balaban J connectivity index is 1.99. The highest BCUT2D eigenvalue weighted by molar-refractivity contribution is 6.33. The first-order valence-corrected chi connectivity index (χ1v) is 6.69. The van der Waals surface area contributed by atoms with Crippen molar-refractivity contribution in [3.8, 4) is 11.3 Å². The number of nitrogens with two attached hydrogens (primary N) is 1. The molecule has 0 spiro atoms. The predicted octanol–water partition coefficient (Wildman–Crippen LogP) is 3.02. The summed E-state index contributed by atoms with van der Waals surface area (Å²) < 4.78 is 18.6. The van der Waals surface area contributed by atoms with Crippen LogP contribution in [0.25, 0.3) is 11.3 Å². The molecule has 1 aromatic carbocycles. The van der Waals surface area contributed by atoms with Crippen molar-refractivity contribution in [1.82, 2.24) is 10.2 Å². The predicted molar refractivity (Wildman–Crippen MR) is 75.0 cm³/mol. The summed E-state index contributed by atoms with van der Waals surface area (Å²) in [5, 5.41) is 8.70. The number of nitrogen functional groups attached to an aromatic ring is 1. The third-order valence-corrected chi connectivity index (χ3v) is 3.70. The molecule has 1 unspecified atom stereocenters. The second kappa shape index (κ2) is 5.34. The summed E-state index contributed by atoms with van der Waals surface area (Å²) >= 11 is 6.05. The minimum atomic E-state index is -0.377. The van der Waals surface area contributed by atoms with Crippen LogP contribution in [0.5, 0.6) is 0 Å². The van der Waals surface area contributed by atoms with Gasteiger partial charge in [-0.3, -0.25) is 0 Å². The summed E-state index contributed by atoms with van der Waals surface area (Å²) in [5.41, 5.74) is 8.25. The number of nitrogens with zero attached hydrogens (tertiary/aromatic N) is 2.